The van der Waals surface area contributed by atoms with Crippen molar-refractivity contribution in [3.63, 3.8) is 0 Å². The molecule has 0 radical (unpaired) electrons. The number of benzene rings is 1. The fourth-order valence-electron chi connectivity index (χ4n) is 3.68. The van der Waals surface area contributed by atoms with Gasteiger partial charge >= 0.3 is 0 Å². The quantitative estimate of drug-likeness (QED) is 0.543. The van der Waals surface area contributed by atoms with Crippen LogP contribution >= 0.6 is 11.8 Å². The van der Waals surface area contributed by atoms with Crippen LogP contribution in [-0.2, 0) is 19.4 Å². The van der Waals surface area contributed by atoms with Crippen molar-refractivity contribution in [2.24, 2.45) is 0 Å². The molecule has 0 spiro atoms. The number of likely N-dealkylation sites (N-methyl/N-ethyl adjacent to an activating group) is 1. The molecule has 2 fully saturated rings. The van der Waals surface area contributed by atoms with E-state index >= 15 is 0 Å². The molecule has 1 unspecified atom stereocenters. The highest BCUT2D eigenvalue weighted by Gasteiger charge is 2.31. The molecule has 2 aliphatic rings. The minimum Gasteiger partial charge on any atom is -0.351 e. The summed E-state index contributed by atoms with van der Waals surface area (Å²) < 4.78 is 25.0. The third-order valence-corrected chi connectivity index (χ3v) is 8.14. The molecular formula is C21H27N5O4S2. The average Bonchev–Trinajstić information content (AvgIpc) is 3.44. The molecule has 0 bridgehead atoms. The molecule has 1 aliphatic heterocycles. The van der Waals surface area contributed by atoms with Crippen molar-refractivity contribution in [1.82, 2.24) is 25.0 Å². The van der Waals surface area contributed by atoms with Gasteiger partial charge in [0.15, 0.2) is 9.84 Å². The Kier molecular flexibility index (Phi) is 6.85. The average molecular weight is 478 g/mol. The zero-order chi connectivity index (χ0) is 22.7. The van der Waals surface area contributed by atoms with Crippen LogP contribution in [0, 0.1) is 0 Å². The number of aromatic nitrogens is 3. The summed E-state index contributed by atoms with van der Waals surface area (Å²) in [6.07, 6.45) is 2.61. The fraction of sp³-hybridized carbons (Fsp3) is 0.524. The molecule has 4 rings (SSSR count). The normalized spacial score (nSPS) is 19.6. The van der Waals surface area contributed by atoms with Crippen LogP contribution in [0.2, 0.25) is 0 Å². The number of thioether (sulfide) groups is 1. The van der Waals surface area contributed by atoms with Gasteiger partial charge in [-0.1, -0.05) is 30.0 Å². The second-order valence-electron chi connectivity index (χ2n) is 8.14. The number of nitrogens with zero attached hydrogens (tertiary/aromatic N) is 4. The molecule has 1 saturated carbocycles. The Morgan fingerprint density at radius 3 is 2.59 bits per heavy atom. The minimum absolute atomic E-state index is 0.0340. The van der Waals surface area contributed by atoms with Gasteiger partial charge in [0.2, 0.25) is 17.0 Å². The van der Waals surface area contributed by atoms with Crippen LogP contribution in [0.15, 0.2) is 35.5 Å². The molecule has 172 valence electrons. The third kappa shape index (κ3) is 5.69. The molecule has 11 heteroatoms. The van der Waals surface area contributed by atoms with E-state index in [0.29, 0.717) is 24.0 Å². The van der Waals surface area contributed by atoms with Gasteiger partial charge in [0, 0.05) is 18.5 Å². The van der Waals surface area contributed by atoms with Crippen molar-refractivity contribution in [1.29, 1.82) is 0 Å². The number of para-hydroxylation sites is 1. The summed E-state index contributed by atoms with van der Waals surface area (Å²) >= 11 is 1.26. The van der Waals surface area contributed by atoms with Gasteiger partial charge < -0.3 is 10.2 Å². The van der Waals surface area contributed by atoms with Crippen LogP contribution in [0.3, 0.4) is 0 Å². The van der Waals surface area contributed by atoms with E-state index in [0.717, 1.165) is 24.4 Å². The molecule has 1 aliphatic carbocycles. The molecule has 2 amide bonds. The molecule has 1 aromatic carbocycles. The lowest BCUT2D eigenvalue weighted by molar-refractivity contribution is -0.134. The van der Waals surface area contributed by atoms with Crippen molar-refractivity contribution in [2.75, 3.05) is 30.3 Å². The number of sulfone groups is 1. The topological polar surface area (TPSA) is 114 Å². The molecule has 9 nitrogen and oxygen atoms in total. The number of hydrogen-bond donors (Lipinski definition) is 1. The van der Waals surface area contributed by atoms with Gasteiger partial charge in [-0.3, -0.25) is 9.59 Å². The van der Waals surface area contributed by atoms with E-state index in [2.05, 4.69) is 15.4 Å². The van der Waals surface area contributed by atoms with Crippen molar-refractivity contribution >= 4 is 33.4 Å². The van der Waals surface area contributed by atoms with E-state index in [1.807, 2.05) is 41.9 Å². The number of rotatable bonds is 9. The molecule has 32 heavy (non-hydrogen) atoms. The first kappa shape index (κ1) is 22.8. The van der Waals surface area contributed by atoms with Gasteiger partial charge in [-0.2, -0.15) is 0 Å². The Labute approximate surface area is 191 Å². The zero-order valence-electron chi connectivity index (χ0n) is 17.9. The first-order valence-corrected chi connectivity index (χ1v) is 13.6. The Morgan fingerprint density at radius 1 is 1.22 bits per heavy atom. The number of amides is 2. The van der Waals surface area contributed by atoms with Crippen LogP contribution < -0.4 is 5.32 Å². The van der Waals surface area contributed by atoms with Gasteiger partial charge in [0.05, 0.1) is 29.5 Å². The highest BCUT2D eigenvalue weighted by Crippen LogP contribution is 2.40. The van der Waals surface area contributed by atoms with E-state index in [1.165, 1.54) is 16.7 Å². The van der Waals surface area contributed by atoms with Crippen molar-refractivity contribution in [2.45, 2.75) is 43.3 Å². The van der Waals surface area contributed by atoms with Gasteiger partial charge in [-0.25, -0.2) is 18.1 Å². The van der Waals surface area contributed by atoms with Gasteiger partial charge in [-0.15, -0.1) is 5.10 Å². The monoisotopic (exact) mass is 477 g/mol. The highest BCUT2D eigenvalue weighted by molar-refractivity contribution is 7.99. The molecule has 1 saturated heterocycles. The number of nitrogens with one attached hydrogen (secondary N) is 1. The largest absolute Gasteiger partial charge is 0.351 e. The number of hydrogen-bond acceptors (Lipinski definition) is 7. The number of carbonyl (C=O) groups is 2. The lowest BCUT2D eigenvalue weighted by Gasteiger charge is -2.21. The third-order valence-electron chi connectivity index (χ3n) is 5.55. The molecule has 2 heterocycles. The highest BCUT2D eigenvalue weighted by atomic mass is 32.2. The summed E-state index contributed by atoms with van der Waals surface area (Å²) in [5.41, 5.74) is 0.945. The molecule has 2 aromatic rings. The van der Waals surface area contributed by atoms with Crippen molar-refractivity contribution in [3.05, 3.63) is 36.2 Å². The summed E-state index contributed by atoms with van der Waals surface area (Å²) in [6.45, 7) is 2.10. The second-order valence-corrected chi connectivity index (χ2v) is 11.3. The van der Waals surface area contributed by atoms with Crippen LogP contribution in [0.5, 0.6) is 0 Å². The second kappa shape index (κ2) is 9.62. The fourth-order valence-corrected chi connectivity index (χ4v) is 6.09. The summed E-state index contributed by atoms with van der Waals surface area (Å²) in [7, 11) is -3.07. The zero-order valence-corrected chi connectivity index (χ0v) is 19.6. The SMILES string of the molecule is CCN(CC(=O)NC1CCS(=O)(=O)C1)C(=O)CSc1nc(C2CC2)n(-c2ccccc2)n1. The predicted octanol–water partition coefficient (Wildman–Crippen LogP) is 1.39. The van der Waals surface area contributed by atoms with E-state index in [1.54, 1.807) is 0 Å². The predicted molar refractivity (Wildman–Crippen MR) is 122 cm³/mol. The lowest BCUT2D eigenvalue weighted by atomic mass is 10.2. The molecule has 1 aromatic heterocycles. The Morgan fingerprint density at radius 2 is 1.97 bits per heavy atom. The minimum atomic E-state index is -3.07. The maximum atomic E-state index is 12.7. The van der Waals surface area contributed by atoms with Crippen LogP contribution in [0.25, 0.3) is 5.69 Å². The lowest BCUT2D eigenvalue weighted by Crippen LogP contribution is -2.45. The van der Waals surface area contributed by atoms with Gasteiger partial charge in [-0.05, 0) is 38.3 Å². The molecule has 1 N–H and O–H groups in total. The first-order chi connectivity index (χ1) is 15.3. The van der Waals surface area contributed by atoms with E-state index in [9.17, 15) is 18.0 Å². The Bertz CT molecular complexity index is 1080. The summed E-state index contributed by atoms with van der Waals surface area (Å²) in [5.74, 6) is 0.990. The van der Waals surface area contributed by atoms with Crippen LogP contribution in [0.4, 0.5) is 0 Å². The molecular weight excluding hydrogens is 450 g/mol. The van der Waals surface area contributed by atoms with E-state index in [-0.39, 0.29) is 41.7 Å². The smallest absolute Gasteiger partial charge is 0.239 e. The first-order valence-electron chi connectivity index (χ1n) is 10.8. The van der Waals surface area contributed by atoms with E-state index in [4.69, 9.17) is 0 Å². The van der Waals surface area contributed by atoms with Crippen molar-refractivity contribution < 1.29 is 18.0 Å². The molecule has 1 atom stereocenters. The van der Waals surface area contributed by atoms with E-state index < -0.39 is 9.84 Å². The Balaban J connectivity index is 1.33. The standard InChI is InChI=1S/C21H27N5O4S2/c1-2-25(12-18(27)22-16-10-11-32(29,30)14-16)19(28)13-31-21-23-20(15-8-9-15)26(24-21)17-6-4-3-5-7-17/h3-7,15-16H,2,8-14H2,1H3,(H,22,27). The number of carbonyl (C=O) groups excluding carboxylic acids is 2. The van der Waals surface area contributed by atoms with Gasteiger partial charge in [0.25, 0.3) is 0 Å². The van der Waals surface area contributed by atoms with Crippen LogP contribution in [0.1, 0.15) is 37.9 Å². The summed E-state index contributed by atoms with van der Waals surface area (Å²) in [5, 5.41) is 7.88. The maximum Gasteiger partial charge on any atom is 0.239 e. The maximum absolute atomic E-state index is 12.7. The summed E-state index contributed by atoms with van der Waals surface area (Å²) in [4.78, 5) is 31.1. The van der Waals surface area contributed by atoms with Gasteiger partial charge in [0.1, 0.15) is 5.82 Å². The van der Waals surface area contributed by atoms with Crippen molar-refractivity contribution in [3.8, 4) is 5.69 Å². The Hall–Kier alpha value is -2.40. The van der Waals surface area contributed by atoms with Crippen LogP contribution in [-0.4, -0.2) is 76.3 Å². The summed E-state index contributed by atoms with van der Waals surface area (Å²) in [6, 6.07) is 9.44.